The molecule has 10 heteroatoms. The van der Waals surface area contributed by atoms with E-state index in [1.807, 2.05) is 24.3 Å². The number of rotatable bonds is 5. The summed E-state index contributed by atoms with van der Waals surface area (Å²) in [6, 6.07) is 19.9. The molecular formula is C22H20N4O4S2. The van der Waals surface area contributed by atoms with Crippen LogP contribution >= 0.6 is 12.2 Å². The summed E-state index contributed by atoms with van der Waals surface area (Å²) < 4.78 is 27.9. The number of hydrogen-bond acceptors (Lipinski definition) is 5. The van der Waals surface area contributed by atoms with Crippen LogP contribution in [0.15, 0.2) is 77.7 Å². The van der Waals surface area contributed by atoms with Gasteiger partial charge in [-0.25, -0.2) is 8.42 Å². The first-order valence-corrected chi connectivity index (χ1v) is 11.7. The van der Waals surface area contributed by atoms with Crippen LogP contribution in [-0.2, 0) is 16.4 Å². The summed E-state index contributed by atoms with van der Waals surface area (Å²) in [6.45, 7) is 0.441. The number of anilines is 3. The Morgan fingerprint density at radius 3 is 2.44 bits per heavy atom. The van der Waals surface area contributed by atoms with E-state index in [0.717, 1.165) is 24.1 Å². The SMILES string of the molecule is O=[N+]([O-])c1cccc(NC(=S)Nc2ccc(S(=O)(=O)N3CCCc4ccccc43)cc2)c1. The van der Waals surface area contributed by atoms with E-state index in [9.17, 15) is 18.5 Å². The lowest BCUT2D eigenvalue weighted by Crippen LogP contribution is -2.35. The zero-order valence-electron chi connectivity index (χ0n) is 16.9. The number of aryl methyl sites for hydroxylation is 1. The Morgan fingerprint density at radius 1 is 0.969 bits per heavy atom. The Labute approximate surface area is 191 Å². The molecule has 0 aromatic heterocycles. The lowest BCUT2D eigenvalue weighted by atomic mass is 10.0. The highest BCUT2D eigenvalue weighted by molar-refractivity contribution is 7.92. The normalized spacial score (nSPS) is 13.2. The van der Waals surface area contributed by atoms with Crippen LogP contribution < -0.4 is 14.9 Å². The zero-order chi connectivity index (χ0) is 22.7. The van der Waals surface area contributed by atoms with Gasteiger partial charge in [0.15, 0.2) is 5.11 Å². The summed E-state index contributed by atoms with van der Waals surface area (Å²) in [5, 5.41) is 17.0. The molecule has 4 rings (SSSR count). The van der Waals surface area contributed by atoms with Crippen molar-refractivity contribution in [2.75, 3.05) is 21.5 Å². The van der Waals surface area contributed by atoms with Crippen LogP contribution in [0, 0.1) is 10.1 Å². The van der Waals surface area contributed by atoms with Crippen LogP contribution in [0.2, 0.25) is 0 Å². The molecule has 0 unspecified atom stereocenters. The summed E-state index contributed by atoms with van der Waals surface area (Å²) in [5.74, 6) is 0. The minimum absolute atomic E-state index is 0.0494. The number of fused-ring (bicyclic) bond motifs is 1. The van der Waals surface area contributed by atoms with E-state index in [2.05, 4.69) is 10.6 Å². The molecule has 0 amide bonds. The van der Waals surface area contributed by atoms with Crippen LogP contribution in [-0.4, -0.2) is 25.0 Å². The molecule has 0 saturated heterocycles. The number of thiocarbonyl (C=S) groups is 1. The average Bonchev–Trinajstić information content (AvgIpc) is 2.79. The molecule has 3 aromatic carbocycles. The molecule has 0 atom stereocenters. The fourth-order valence-electron chi connectivity index (χ4n) is 3.58. The topological polar surface area (TPSA) is 105 Å². The lowest BCUT2D eigenvalue weighted by molar-refractivity contribution is -0.384. The van der Waals surface area contributed by atoms with Gasteiger partial charge < -0.3 is 10.6 Å². The van der Waals surface area contributed by atoms with Crippen molar-refractivity contribution < 1.29 is 13.3 Å². The first kappa shape index (κ1) is 21.7. The first-order valence-electron chi connectivity index (χ1n) is 9.88. The van der Waals surface area contributed by atoms with Crippen molar-refractivity contribution in [2.45, 2.75) is 17.7 Å². The number of nitrogens with zero attached hydrogens (tertiary/aromatic N) is 2. The van der Waals surface area contributed by atoms with Gasteiger partial charge in [0.25, 0.3) is 15.7 Å². The number of nitrogens with one attached hydrogen (secondary N) is 2. The molecule has 0 spiro atoms. The van der Waals surface area contributed by atoms with Crippen molar-refractivity contribution in [3.8, 4) is 0 Å². The highest BCUT2D eigenvalue weighted by atomic mass is 32.2. The molecule has 1 aliphatic rings. The van der Waals surface area contributed by atoms with Crippen molar-refractivity contribution in [2.24, 2.45) is 0 Å². The Bertz CT molecular complexity index is 1280. The predicted molar refractivity (Wildman–Crippen MR) is 129 cm³/mol. The molecule has 0 bridgehead atoms. The largest absolute Gasteiger partial charge is 0.332 e. The Kier molecular flexibility index (Phi) is 6.06. The highest BCUT2D eigenvalue weighted by Gasteiger charge is 2.28. The van der Waals surface area contributed by atoms with E-state index >= 15 is 0 Å². The summed E-state index contributed by atoms with van der Waals surface area (Å²) in [4.78, 5) is 10.6. The summed E-state index contributed by atoms with van der Waals surface area (Å²) in [6.07, 6.45) is 1.63. The van der Waals surface area contributed by atoms with E-state index < -0.39 is 14.9 Å². The van der Waals surface area contributed by atoms with Gasteiger partial charge in [-0.05, 0) is 67.0 Å². The van der Waals surface area contributed by atoms with E-state index in [-0.39, 0.29) is 15.7 Å². The van der Waals surface area contributed by atoms with Gasteiger partial charge in [0.1, 0.15) is 0 Å². The Balaban J connectivity index is 1.47. The summed E-state index contributed by atoms with van der Waals surface area (Å²) in [7, 11) is -3.69. The molecule has 1 aliphatic heterocycles. The summed E-state index contributed by atoms with van der Waals surface area (Å²) >= 11 is 5.26. The van der Waals surface area contributed by atoms with Gasteiger partial charge in [-0.1, -0.05) is 24.3 Å². The third-order valence-corrected chi connectivity index (χ3v) is 7.11. The maximum absolute atomic E-state index is 13.2. The van der Waals surface area contributed by atoms with Gasteiger partial charge >= 0.3 is 0 Å². The number of non-ortho nitro benzene ring substituents is 1. The monoisotopic (exact) mass is 468 g/mol. The predicted octanol–water partition coefficient (Wildman–Crippen LogP) is 4.55. The minimum Gasteiger partial charge on any atom is -0.332 e. The number of para-hydroxylation sites is 1. The number of hydrogen-bond donors (Lipinski definition) is 2. The maximum atomic E-state index is 13.2. The zero-order valence-corrected chi connectivity index (χ0v) is 18.5. The molecule has 164 valence electrons. The third-order valence-electron chi connectivity index (χ3n) is 5.08. The van der Waals surface area contributed by atoms with Crippen LogP contribution in [0.4, 0.5) is 22.7 Å². The molecule has 0 saturated carbocycles. The van der Waals surface area contributed by atoms with Gasteiger partial charge in [-0.2, -0.15) is 0 Å². The number of sulfonamides is 1. The average molecular weight is 469 g/mol. The number of benzene rings is 3. The molecular weight excluding hydrogens is 448 g/mol. The van der Waals surface area contributed by atoms with Crippen molar-refractivity contribution in [1.82, 2.24) is 0 Å². The third kappa shape index (κ3) is 4.56. The van der Waals surface area contributed by atoms with E-state index in [1.165, 1.54) is 28.6 Å². The van der Waals surface area contributed by atoms with Gasteiger partial charge in [-0.15, -0.1) is 0 Å². The molecule has 0 fully saturated rings. The number of nitro groups is 1. The minimum atomic E-state index is -3.69. The van der Waals surface area contributed by atoms with Crippen LogP contribution in [0.3, 0.4) is 0 Å². The Morgan fingerprint density at radius 2 is 1.69 bits per heavy atom. The molecule has 3 aromatic rings. The van der Waals surface area contributed by atoms with Gasteiger partial charge in [-0.3, -0.25) is 14.4 Å². The van der Waals surface area contributed by atoms with Crippen LogP contribution in [0.25, 0.3) is 0 Å². The van der Waals surface area contributed by atoms with E-state index in [4.69, 9.17) is 12.2 Å². The van der Waals surface area contributed by atoms with Crippen LogP contribution in [0.1, 0.15) is 12.0 Å². The van der Waals surface area contributed by atoms with Gasteiger partial charge in [0.2, 0.25) is 0 Å². The quantitative estimate of drug-likeness (QED) is 0.322. The van der Waals surface area contributed by atoms with Crippen molar-refractivity contribution in [3.05, 3.63) is 88.5 Å². The Hall–Kier alpha value is -3.50. The second-order valence-electron chi connectivity index (χ2n) is 7.22. The lowest BCUT2D eigenvalue weighted by Gasteiger charge is -2.30. The number of nitro benzene ring substituents is 1. The van der Waals surface area contributed by atoms with E-state index in [1.54, 1.807) is 24.3 Å². The maximum Gasteiger partial charge on any atom is 0.271 e. The highest BCUT2D eigenvalue weighted by Crippen LogP contribution is 2.32. The second kappa shape index (κ2) is 8.93. The smallest absolute Gasteiger partial charge is 0.271 e. The molecule has 8 nitrogen and oxygen atoms in total. The van der Waals surface area contributed by atoms with Crippen LogP contribution in [0.5, 0.6) is 0 Å². The molecule has 2 N–H and O–H groups in total. The molecule has 1 heterocycles. The standard InChI is InChI=1S/C22H20N4O4S2/c27-26(28)19-8-3-7-18(15-19)24-22(31)23-17-10-12-20(13-11-17)32(29,30)25-14-4-6-16-5-1-2-9-21(16)25/h1-3,5,7-13,15H,4,6,14H2,(H2,23,24,31). The second-order valence-corrected chi connectivity index (χ2v) is 9.49. The molecule has 0 aliphatic carbocycles. The van der Waals surface area contributed by atoms with E-state index in [0.29, 0.717) is 17.9 Å². The van der Waals surface area contributed by atoms with Gasteiger partial charge in [0.05, 0.1) is 15.5 Å². The first-order chi connectivity index (χ1) is 15.3. The van der Waals surface area contributed by atoms with Crippen molar-refractivity contribution >= 4 is 50.1 Å². The molecule has 32 heavy (non-hydrogen) atoms. The fraction of sp³-hybridized carbons (Fsp3) is 0.136. The van der Waals surface area contributed by atoms with Gasteiger partial charge in [0, 0.05) is 30.1 Å². The van der Waals surface area contributed by atoms with Crippen molar-refractivity contribution in [1.29, 1.82) is 0 Å². The van der Waals surface area contributed by atoms with Crippen molar-refractivity contribution in [3.63, 3.8) is 0 Å². The fourth-order valence-corrected chi connectivity index (χ4v) is 5.35. The summed E-state index contributed by atoms with van der Waals surface area (Å²) in [5.41, 5.74) is 2.76. The molecule has 0 radical (unpaired) electrons.